The van der Waals surface area contributed by atoms with Crippen molar-refractivity contribution in [2.45, 2.75) is 12.5 Å². The minimum Gasteiger partial charge on any atom is -0.370 e. The molecule has 2 aliphatic heterocycles. The van der Waals surface area contributed by atoms with Crippen LogP contribution < -0.4 is 0 Å². The number of nitrogens with zero attached hydrogens (tertiary/aromatic N) is 2. The van der Waals surface area contributed by atoms with Gasteiger partial charge in [0.25, 0.3) is 0 Å². The molecule has 1 aromatic carbocycles. The van der Waals surface area contributed by atoms with E-state index in [2.05, 4.69) is 0 Å². The van der Waals surface area contributed by atoms with Crippen molar-refractivity contribution in [3.63, 3.8) is 0 Å². The van der Waals surface area contributed by atoms with Gasteiger partial charge in [-0.2, -0.15) is 0 Å². The maximum Gasteiger partial charge on any atom is 0.228 e. The molecule has 2 unspecified atom stereocenters. The van der Waals surface area contributed by atoms with E-state index in [1.165, 1.54) is 0 Å². The summed E-state index contributed by atoms with van der Waals surface area (Å²) in [5.41, 5.74) is 1.02. The number of hydrogen-bond acceptors (Lipinski definition) is 3. The maximum atomic E-state index is 12.6. The van der Waals surface area contributed by atoms with Crippen molar-refractivity contribution in [1.29, 1.82) is 0 Å². The molecule has 118 valence electrons. The van der Waals surface area contributed by atoms with Crippen LogP contribution in [0.25, 0.3) is 0 Å². The van der Waals surface area contributed by atoms with Gasteiger partial charge in [-0.3, -0.25) is 9.59 Å². The van der Waals surface area contributed by atoms with Crippen molar-refractivity contribution in [2.75, 3.05) is 33.3 Å². The monoisotopic (exact) mass is 322 g/mol. The number of carbonyl (C=O) groups is 2. The molecule has 0 saturated carbocycles. The van der Waals surface area contributed by atoms with Crippen LogP contribution in [0.5, 0.6) is 0 Å². The lowest BCUT2D eigenvalue weighted by Crippen LogP contribution is -2.45. The number of halogens is 1. The largest absolute Gasteiger partial charge is 0.370 e. The maximum absolute atomic E-state index is 12.6. The summed E-state index contributed by atoms with van der Waals surface area (Å²) in [6.45, 7) is 2.13. The van der Waals surface area contributed by atoms with Crippen molar-refractivity contribution in [3.05, 3.63) is 34.9 Å². The van der Waals surface area contributed by atoms with Crippen LogP contribution in [0.4, 0.5) is 0 Å². The molecular formula is C16H19ClN2O3. The third kappa shape index (κ3) is 3.10. The Morgan fingerprint density at radius 3 is 2.64 bits per heavy atom. The molecule has 0 radical (unpaired) electrons. The minimum atomic E-state index is -0.221. The number of amides is 2. The van der Waals surface area contributed by atoms with E-state index in [-0.39, 0.29) is 23.8 Å². The average Bonchev–Trinajstić information content (AvgIpc) is 2.87. The van der Waals surface area contributed by atoms with Crippen molar-refractivity contribution in [1.82, 2.24) is 9.80 Å². The zero-order valence-corrected chi connectivity index (χ0v) is 13.3. The summed E-state index contributed by atoms with van der Waals surface area (Å²) in [7, 11) is 1.74. The lowest BCUT2D eigenvalue weighted by atomic mass is 10.0. The average molecular weight is 323 g/mol. The predicted octanol–water partition coefficient (Wildman–Crippen LogP) is 1.72. The van der Waals surface area contributed by atoms with Crippen LogP contribution in [0.3, 0.4) is 0 Å². The number of carbonyl (C=O) groups excluding carboxylic acids is 2. The molecule has 0 aliphatic carbocycles. The van der Waals surface area contributed by atoms with Gasteiger partial charge in [0.15, 0.2) is 0 Å². The molecule has 6 heteroatoms. The Kier molecular flexibility index (Phi) is 4.36. The van der Waals surface area contributed by atoms with Gasteiger partial charge >= 0.3 is 0 Å². The van der Waals surface area contributed by atoms with Crippen LogP contribution in [0.15, 0.2) is 24.3 Å². The van der Waals surface area contributed by atoms with Gasteiger partial charge in [0.2, 0.25) is 11.8 Å². The summed E-state index contributed by atoms with van der Waals surface area (Å²) in [5.74, 6) is -0.123. The molecule has 2 heterocycles. The Balaban J connectivity index is 1.66. The number of rotatable bonds is 2. The fourth-order valence-corrected chi connectivity index (χ4v) is 3.14. The Bertz CT molecular complexity index is 575. The van der Waals surface area contributed by atoms with Crippen molar-refractivity contribution < 1.29 is 14.3 Å². The molecule has 0 spiro atoms. The third-order valence-corrected chi connectivity index (χ3v) is 4.56. The first-order valence-electron chi connectivity index (χ1n) is 7.44. The van der Waals surface area contributed by atoms with Gasteiger partial charge < -0.3 is 14.5 Å². The highest BCUT2D eigenvalue weighted by atomic mass is 35.5. The molecule has 2 atom stereocenters. The zero-order chi connectivity index (χ0) is 15.7. The highest BCUT2D eigenvalue weighted by Gasteiger charge is 2.36. The molecular weight excluding hydrogens is 304 g/mol. The smallest absolute Gasteiger partial charge is 0.228 e. The second kappa shape index (κ2) is 6.26. The summed E-state index contributed by atoms with van der Waals surface area (Å²) >= 11 is 5.90. The topological polar surface area (TPSA) is 49.9 Å². The Hall–Kier alpha value is -1.59. The van der Waals surface area contributed by atoms with Gasteiger partial charge in [-0.15, -0.1) is 0 Å². The van der Waals surface area contributed by atoms with Crippen LogP contribution in [0.2, 0.25) is 5.02 Å². The zero-order valence-electron chi connectivity index (χ0n) is 12.5. The second-order valence-electron chi connectivity index (χ2n) is 5.87. The number of ether oxygens (including phenoxy) is 1. The number of likely N-dealkylation sites (tertiary alicyclic amines) is 1. The third-order valence-electron chi connectivity index (χ3n) is 4.31. The van der Waals surface area contributed by atoms with Crippen LogP contribution in [-0.2, 0) is 14.3 Å². The van der Waals surface area contributed by atoms with Crippen molar-refractivity contribution in [2.24, 2.45) is 5.92 Å². The summed E-state index contributed by atoms with van der Waals surface area (Å²) < 4.78 is 5.77. The van der Waals surface area contributed by atoms with Crippen molar-refractivity contribution >= 4 is 23.4 Å². The number of morpholine rings is 1. The first-order valence-corrected chi connectivity index (χ1v) is 7.82. The van der Waals surface area contributed by atoms with E-state index in [9.17, 15) is 9.59 Å². The lowest BCUT2D eigenvalue weighted by Gasteiger charge is -2.34. The van der Waals surface area contributed by atoms with Crippen molar-refractivity contribution in [3.8, 4) is 0 Å². The van der Waals surface area contributed by atoms with Gasteiger partial charge in [-0.1, -0.05) is 23.7 Å². The van der Waals surface area contributed by atoms with Gasteiger partial charge in [0, 0.05) is 31.6 Å². The van der Waals surface area contributed by atoms with Gasteiger partial charge in [-0.25, -0.2) is 0 Å². The second-order valence-corrected chi connectivity index (χ2v) is 6.31. The summed E-state index contributed by atoms with van der Waals surface area (Å²) in [4.78, 5) is 27.6. The van der Waals surface area contributed by atoms with E-state index in [0.29, 0.717) is 37.7 Å². The van der Waals surface area contributed by atoms with E-state index in [0.717, 1.165) is 5.56 Å². The molecule has 1 aromatic rings. The van der Waals surface area contributed by atoms with E-state index in [1.807, 2.05) is 29.2 Å². The van der Waals surface area contributed by atoms with Gasteiger partial charge in [0.05, 0.1) is 19.1 Å². The molecule has 22 heavy (non-hydrogen) atoms. The fourth-order valence-electron chi connectivity index (χ4n) is 3.02. The number of hydrogen-bond donors (Lipinski definition) is 0. The van der Waals surface area contributed by atoms with E-state index >= 15 is 0 Å². The minimum absolute atomic E-state index is 0.0425. The molecule has 3 rings (SSSR count). The highest BCUT2D eigenvalue weighted by molar-refractivity contribution is 6.30. The Morgan fingerprint density at radius 1 is 1.27 bits per heavy atom. The van der Waals surface area contributed by atoms with E-state index in [1.54, 1.807) is 11.9 Å². The fraction of sp³-hybridized carbons (Fsp3) is 0.500. The summed E-state index contributed by atoms with van der Waals surface area (Å²) in [6, 6.07) is 7.50. The molecule has 0 aromatic heterocycles. The van der Waals surface area contributed by atoms with Crippen LogP contribution in [-0.4, -0.2) is 54.9 Å². The molecule has 2 saturated heterocycles. The van der Waals surface area contributed by atoms with E-state index in [4.69, 9.17) is 16.3 Å². The Labute approximate surface area is 134 Å². The van der Waals surface area contributed by atoms with Gasteiger partial charge in [0.1, 0.15) is 6.10 Å². The van der Waals surface area contributed by atoms with E-state index < -0.39 is 0 Å². The highest BCUT2D eigenvalue weighted by Crippen LogP contribution is 2.26. The normalized spacial score (nSPS) is 25.6. The molecule has 0 N–H and O–H groups in total. The molecule has 0 bridgehead atoms. The molecule has 2 aliphatic rings. The first-order chi connectivity index (χ1) is 10.5. The molecule has 2 fully saturated rings. The predicted molar refractivity (Wildman–Crippen MR) is 82.5 cm³/mol. The standard InChI is InChI=1S/C16H19ClN2O3/c1-18-9-12(8-15(18)20)16(21)19-6-7-22-14(10-19)11-2-4-13(17)5-3-11/h2-5,12,14H,6-10H2,1H3. The first kappa shape index (κ1) is 15.3. The summed E-state index contributed by atoms with van der Waals surface area (Å²) in [6.07, 6.45) is 0.183. The summed E-state index contributed by atoms with van der Waals surface area (Å²) in [5, 5.41) is 0.681. The quantitative estimate of drug-likeness (QED) is 0.833. The molecule has 5 nitrogen and oxygen atoms in total. The SMILES string of the molecule is CN1CC(C(=O)N2CCOC(c3ccc(Cl)cc3)C2)CC1=O. The number of benzene rings is 1. The van der Waals surface area contributed by atoms with Crippen LogP contribution in [0, 0.1) is 5.92 Å². The van der Waals surface area contributed by atoms with Gasteiger partial charge in [-0.05, 0) is 17.7 Å². The lowest BCUT2D eigenvalue weighted by molar-refractivity contribution is -0.143. The molecule has 2 amide bonds. The van der Waals surface area contributed by atoms with Crippen LogP contribution in [0.1, 0.15) is 18.1 Å². The Morgan fingerprint density at radius 2 is 2.00 bits per heavy atom. The van der Waals surface area contributed by atoms with Crippen LogP contribution >= 0.6 is 11.6 Å².